The summed E-state index contributed by atoms with van der Waals surface area (Å²) in [7, 11) is 0. The summed E-state index contributed by atoms with van der Waals surface area (Å²) in [6.45, 7) is 0. The summed E-state index contributed by atoms with van der Waals surface area (Å²) >= 11 is 0. The van der Waals surface area contributed by atoms with Crippen LogP contribution in [-0.4, -0.2) is 4.57 Å². The quantitative estimate of drug-likeness (QED) is 0.679. The van der Waals surface area contributed by atoms with E-state index in [1.54, 1.807) is 16.7 Å². The lowest BCUT2D eigenvalue weighted by atomic mass is 10.1. The maximum Gasteiger partial charge on any atom is 0.255 e. The van der Waals surface area contributed by atoms with Crippen LogP contribution in [0.3, 0.4) is 0 Å². The van der Waals surface area contributed by atoms with Gasteiger partial charge in [0.2, 0.25) is 0 Å². The molecule has 3 rings (SSSR count). The Labute approximate surface area is 111 Å². The standard InChI is InChI=1S/C17H13NO/c19-17-13-7-12-16(14-8-3-1-4-9-14)18(17)15-10-5-2-6-11-15/h1-13H. The van der Waals surface area contributed by atoms with Gasteiger partial charge in [-0.3, -0.25) is 9.36 Å². The van der Waals surface area contributed by atoms with Crippen molar-refractivity contribution >= 4 is 0 Å². The number of pyridine rings is 1. The predicted molar refractivity (Wildman–Crippen MR) is 77.5 cm³/mol. The van der Waals surface area contributed by atoms with Crippen LogP contribution in [0.5, 0.6) is 0 Å². The minimum atomic E-state index is -0.0208. The molecule has 19 heavy (non-hydrogen) atoms. The molecule has 0 radical (unpaired) electrons. The van der Waals surface area contributed by atoms with E-state index in [0.29, 0.717) is 0 Å². The normalized spacial score (nSPS) is 10.3. The maximum absolute atomic E-state index is 12.2. The molecule has 2 heteroatoms. The number of nitrogens with zero attached hydrogens (tertiary/aromatic N) is 1. The molecule has 1 aromatic heterocycles. The van der Waals surface area contributed by atoms with Gasteiger partial charge in [-0.05, 0) is 23.8 Å². The number of hydrogen-bond acceptors (Lipinski definition) is 1. The smallest absolute Gasteiger partial charge is 0.255 e. The Bertz CT molecular complexity index is 730. The third-order valence-corrected chi connectivity index (χ3v) is 3.04. The lowest BCUT2D eigenvalue weighted by Gasteiger charge is -2.12. The number of benzene rings is 2. The van der Waals surface area contributed by atoms with Gasteiger partial charge < -0.3 is 0 Å². The summed E-state index contributed by atoms with van der Waals surface area (Å²) in [6.07, 6.45) is 0. The first-order valence-corrected chi connectivity index (χ1v) is 6.19. The third kappa shape index (κ3) is 2.20. The molecule has 0 amide bonds. The topological polar surface area (TPSA) is 22.0 Å². The fourth-order valence-corrected chi connectivity index (χ4v) is 2.17. The highest BCUT2D eigenvalue weighted by atomic mass is 16.1. The van der Waals surface area contributed by atoms with Crippen molar-refractivity contribution in [1.29, 1.82) is 0 Å². The van der Waals surface area contributed by atoms with Gasteiger partial charge in [-0.2, -0.15) is 0 Å². The fraction of sp³-hybridized carbons (Fsp3) is 0. The Morgan fingerprint density at radius 2 is 1.26 bits per heavy atom. The third-order valence-electron chi connectivity index (χ3n) is 3.04. The van der Waals surface area contributed by atoms with E-state index in [1.807, 2.05) is 66.7 Å². The van der Waals surface area contributed by atoms with Crippen LogP contribution >= 0.6 is 0 Å². The predicted octanol–water partition coefficient (Wildman–Crippen LogP) is 3.50. The molecule has 1 heterocycles. The van der Waals surface area contributed by atoms with Gasteiger partial charge >= 0.3 is 0 Å². The van der Waals surface area contributed by atoms with Crippen molar-refractivity contribution in [1.82, 2.24) is 4.57 Å². The average Bonchev–Trinajstić information content (AvgIpc) is 2.49. The molecule has 0 fully saturated rings. The van der Waals surface area contributed by atoms with E-state index in [2.05, 4.69) is 0 Å². The van der Waals surface area contributed by atoms with Gasteiger partial charge in [0, 0.05) is 11.8 Å². The monoisotopic (exact) mass is 247 g/mol. The summed E-state index contributed by atoms with van der Waals surface area (Å²) in [6, 6.07) is 25.0. The van der Waals surface area contributed by atoms with E-state index in [-0.39, 0.29) is 5.56 Å². The molecule has 0 saturated carbocycles. The highest BCUT2D eigenvalue weighted by molar-refractivity contribution is 5.62. The van der Waals surface area contributed by atoms with E-state index in [1.165, 1.54) is 0 Å². The molecule has 2 aromatic carbocycles. The summed E-state index contributed by atoms with van der Waals surface area (Å²) in [4.78, 5) is 12.2. The van der Waals surface area contributed by atoms with Crippen LogP contribution in [0.4, 0.5) is 0 Å². The van der Waals surface area contributed by atoms with Crippen LogP contribution in [0, 0.1) is 0 Å². The SMILES string of the molecule is O=c1cccc(-c2ccccc2)n1-c1ccccc1. The van der Waals surface area contributed by atoms with Gasteiger partial charge in [-0.1, -0.05) is 54.6 Å². The van der Waals surface area contributed by atoms with Crippen molar-refractivity contribution in [3.05, 3.63) is 89.2 Å². The van der Waals surface area contributed by atoms with Crippen molar-refractivity contribution in [2.45, 2.75) is 0 Å². The Hall–Kier alpha value is -2.61. The first-order chi connectivity index (χ1) is 9.36. The second-order valence-electron chi connectivity index (χ2n) is 4.29. The van der Waals surface area contributed by atoms with E-state index in [9.17, 15) is 4.79 Å². The van der Waals surface area contributed by atoms with Crippen molar-refractivity contribution in [2.24, 2.45) is 0 Å². The zero-order valence-corrected chi connectivity index (χ0v) is 10.4. The minimum Gasteiger partial charge on any atom is -0.277 e. The molecular formula is C17H13NO. The summed E-state index contributed by atoms with van der Waals surface area (Å²) in [5.74, 6) is 0. The van der Waals surface area contributed by atoms with E-state index < -0.39 is 0 Å². The lowest BCUT2D eigenvalue weighted by Crippen LogP contribution is -2.18. The first kappa shape index (κ1) is 11.5. The second kappa shape index (κ2) is 4.94. The van der Waals surface area contributed by atoms with E-state index in [4.69, 9.17) is 0 Å². The molecule has 0 aliphatic heterocycles. The van der Waals surface area contributed by atoms with Gasteiger partial charge in [0.05, 0.1) is 5.69 Å². The molecule has 0 saturated heterocycles. The highest BCUT2D eigenvalue weighted by Crippen LogP contribution is 2.20. The highest BCUT2D eigenvalue weighted by Gasteiger charge is 2.06. The van der Waals surface area contributed by atoms with Crippen LogP contribution in [0.1, 0.15) is 0 Å². The number of rotatable bonds is 2. The Kier molecular flexibility index (Phi) is 2.99. The van der Waals surface area contributed by atoms with Gasteiger partial charge in [0.1, 0.15) is 0 Å². The molecule has 0 N–H and O–H groups in total. The van der Waals surface area contributed by atoms with Crippen molar-refractivity contribution in [3.63, 3.8) is 0 Å². The first-order valence-electron chi connectivity index (χ1n) is 6.19. The minimum absolute atomic E-state index is 0.0208. The zero-order valence-electron chi connectivity index (χ0n) is 10.4. The zero-order chi connectivity index (χ0) is 13.1. The largest absolute Gasteiger partial charge is 0.277 e. The summed E-state index contributed by atoms with van der Waals surface area (Å²) < 4.78 is 1.73. The number of hydrogen-bond donors (Lipinski definition) is 0. The fourth-order valence-electron chi connectivity index (χ4n) is 2.17. The van der Waals surface area contributed by atoms with Gasteiger partial charge in [0.15, 0.2) is 0 Å². The molecule has 92 valence electrons. The van der Waals surface area contributed by atoms with Crippen molar-refractivity contribution in [2.75, 3.05) is 0 Å². The Morgan fingerprint density at radius 3 is 1.95 bits per heavy atom. The lowest BCUT2D eigenvalue weighted by molar-refractivity contribution is 1.000. The van der Waals surface area contributed by atoms with Gasteiger partial charge in [-0.25, -0.2) is 0 Å². The van der Waals surface area contributed by atoms with Crippen LogP contribution in [0.25, 0.3) is 16.9 Å². The van der Waals surface area contributed by atoms with Crippen LogP contribution in [0.2, 0.25) is 0 Å². The van der Waals surface area contributed by atoms with Crippen LogP contribution in [0.15, 0.2) is 83.7 Å². The molecular weight excluding hydrogens is 234 g/mol. The number of aromatic nitrogens is 1. The van der Waals surface area contributed by atoms with Gasteiger partial charge in [0.25, 0.3) is 5.56 Å². The van der Waals surface area contributed by atoms with Crippen molar-refractivity contribution in [3.8, 4) is 16.9 Å². The number of para-hydroxylation sites is 1. The van der Waals surface area contributed by atoms with Crippen LogP contribution in [-0.2, 0) is 0 Å². The van der Waals surface area contributed by atoms with Crippen LogP contribution < -0.4 is 5.56 Å². The molecule has 3 aromatic rings. The van der Waals surface area contributed by atoms with Crippen molar-refractivity contribution < 1.29 is 0 Å². The molecule has 0 bridgehead atoms. The molecule has 0 spiro atoms. The molecule has 0 aliphatic rings. The molecule has 0 atom stereocenters. The Balaban J connectivity index is 2.28. The summed E-state index contributed by atoms with van der Waals surface area (Å²) in [5.41, 5.74) is 2.79. The molecule has 0 aliphatic carbocycles. The summed E-state index contributed by atoms with van der Waals surface area (Å²) in [5, 5.41) is 0. The van der Waals surface area contributed by atoms with Gasteiger partial charge in [-0.15, -0.1) is 0 Å². The molecule has 2 nitrogen and oxygen atoms in total. The maximum atomic E-state index is 12.2. The van der Waals surface area contributed by atoms with E-state index in [0.717, 1.165) is 16.9 Å². The Morgan fingerprint density at radius 1 is 0.632 bits per heavy atom. The van der Waals surface area contributed by atoms with E-state index >= 15 is 0 Å². The second-order valence-corrected chi connectivity index (χ2v) is 4.29. The average molecular weight is 247 g/mol. The molecule has 0 unspecified atom stereocenters.